The molecule has 1 aromatic rings. The van der Waals surface area contributed by atoms with Gasteiger partial charge < -0.3 is 16.2 Å². The second-order valence-corrected chi connectivity index (χ2v) is 6.11. The van der Waals surface area contributed by atoms with Gasteiger partial charge in [0.15, 0.2) is 0 Å². The molecular weight excluding hydrogens is 316 g/mol. The van der Waals surface area contributed by atoms with E-state index < -0.39 is 12.0 Å². The van der Waals surface area contributed by atoms with Crippen LogP contribution in [0.25, 0.3) is 0 Å². The number of carbonyl (C=O) groups is 2. The average molecular weight is 341 g/mol. The number of rotatable bonds is 7. The van der Waals surface area contributed by atoms with E-state index in [1.165, 1.54) is 5.56 Å². The summed E-state index contributed by atoms with van der Waals surface area (Å²) in [5.74, 6) is -1.19. The van der Waals surface area contributed by atoms with Crippen LogP contribution in [-0.4, -0.2) is 29.6 Å². The zero-order valence-corrected chi connectivity index (χ0v) is 14.0. The molecule has 0 unspecified atom stereocenters. The SMILES string of the molecule is Cl.N[C@@H](CCC(=O)O)C(=O)NCC1(c2ccccc2)CCCC1. The Balaban J connectivity index is 0.00000264. The third-order valence-corrected chi connectivity index (χ3v) is 4.55. The van der Waals surface area contributed by atoms with Crippen molar-refractivity contribution in [1.82, 2.24) is 5.32 Å². The summed E-state index contributed by atoms with van der Waals surface area (Å²) in [4.78, 5) is 22.6. The Morgan fingerprint density at radius 1 is 1.22 bits per heavy atom. The molecule has 1 aliphatic carbocycles. The topological polar surface area (TPSA) is 92.4 Å². The van der Waals surface area contributed by atoms with E-state index in [2.05, 4.69) is 17.4 Å². The van der Waals surface area contributed by atoms with Crippen LogP contribution in [0.4, 0.5) is 0 Å². The van der Waals surface area contributed by atoms with Crippen LogP contribution in [0.1, 0.15) is 44.1 Å². The van der Waals surface area contributed by atoms with Crippen LogP contribution >= 0.6 is 12.4 Å². The first-order valence-electron chi connectivity index (χ1n) is 7.84. The average Bonchev–Trinajstić information content (AvgIpc) is 3.01. The smallest absolute Gasteiger partial charge is 0.303 e. The first-order valence-corrected chi connectivity index (χ1v) is 7.84. The van der Waals surface area contributed by atoms with Gasteiger partial charge in [0.25, 0.3) is 0 Å². The standard InChI is InChI=1S/C17H24N2O3.ClH/c18-14(8-9-15(20)21)16(22)19-12-17(10-4-5-11-17)13-6-2-1-3-7-13;/h1-3,6-7,14H,4-5,8-12,18H2,(H,19,22)(H,20,21);1H/t14-;/m0./s1. The van der Waals surface area contributed by atoms with E-state index in [1.807, 2.05) is 18.2 Å². The molecule has 128 valence electrons. The Morgan fingerprint density at radius 3 is 2.39 bits per heavy atom. The molecule has 1 fully saturated rings. The highest BCUT2D eigenvalue weighted by molar-refractivity contribution is 5.85. The maximum absolute atomic E-state index is 12.1. The molecule has 1 aromatic carbocycles. The summed E-state index contributed by atoms with van der Waals surface area (Å²) in [6, 6.07) is 9.51. The summed E-state index contributed by atoms with van der Waals surface area (Å²) >= 11 is 0. The Labute approximate surface area is 143 Å². The van der Waals surface area contributed by atoms with Crippen LogP contribution in [0, 0.1) is 0 Å². The van der Waals surface area contributed by atoms with Gasteiger partial charge in [-0.1, -0.05) is 43.2 Å². The Bertz CT molecular complexity index is 516. The van der Waals surface area contributed by atoms with Crippen LogP contribution in [0.3, 0.4) is 0 Å². The fraction of sp³-hybridized carbons (Fsp3) is 0.529. The number of amides is 1. The fourth-order valence-electron chi connectivity index (χ4n) is 3.21. The maximum Gasteiger partial charge on any atom is 0.303 e. The lowest BCUT2D eigenvalue weighted by atomic mass is 9.79. The third-order valence-electron chi connectivity index (χ3n) is 4.55. The molecule has 2 rings (SSSR count). The van der Waals surface area contributed by atoms with Gasteiger partial charge in [-0.2, -0.15) is 0 Å². The number of benzene rings is 1. The minimum Gasteiger partial charge on any atom is -0.481 e. The van der Waals surface area contributed by atoms with Crippen molar-refractivity contribution in [2.24, 2.45) is 5.73 Å². The first kappa shape index (κ1) is 19.5. The molecule has 1 aliphatic rings. The summed E-state index contributed by atoms with van der Waals surface area (Å²) < 4.78 is 0. The van der Waals surface area contributed by atoms with Crippen molar-refractivity contribution in [2.45, 2.75) is 50.0 Å². The molecule has 4 N–H and O–H groups in total. The highest BCUT2D eigenvalue weighted by Gasteiger charge is 2.36. The number of nitrogens with one attached hydrogen (secondary N) is 1. The predicted molar refractivity (Wildman–Crippen MR) is 91.7 cm³/mol. The summed E-state index contributed by atoms with van der Waals surface area (Å²) in [7, 11) is 0. The van der Waals surface area contributed by atoms with Crippen LogP contribution in [0.5, 0.6) is 0 Å². The zero-order chi connectivity index (χ0) is 16.0. The summed E-state index contributed by atoms with van der Waals surface area (Å²) in [5.41, 5.74) is 7.00. The van der Waals surface area contributed by atoms with E-state index in [4.69, 9.17) is 10.8 Å². The molecule has 0 bridgehead atoms. The van der Waals surface area contributed by atoms with Crippen molar-refractivity contribution in [3.63, 3.8) is 0 Å². The van der Waals surface area contributed by atoms with Crippen LogP contribution < -0.4 is 11.1 Å². The number of aliphatic carboxylic acids is 1. The van der Waals surface area contributed by atoms with Crippen molar-refractivity contribution in [2.75, 3.05) is 6.54 Å². The van der Waals surface area contributed by atoms with Crippen molar-refractivity contribution in [3.05, 3.63) is 35.9 Å². The molecule has 5 nitrogen and oxygen atoms in total. The second kappa shape index (κ2) is 8.89. The molecule has 0 saturated heterocycles. The van der Waals surface area contributed by atoms with Crippen LogP contribution in [-0.2, 0) is 15.0 Å². The first-order chi connectivity index (χ1) is 10.5. The number of nitrogens with two attached hydrogens (primary N) is 1. The molecule has 0 spiro atoms. The number of carbonyl (C=O) groups excluding carboxylic acids is 1. The lowest BCUT2D eigenvalue weighted by Gasteiger charge is -2.30. The minimum atomic E-state index is -0.931. The number of carboxylic acid groups (broad SMARTS) is 1. The Kier molecular flexibility index (Phi) is 7.52. The van der Waals surface area contributed by atoms with E-state index in [1.54, 1.807) is 0 Å². The van der Waals surface area contributed by atoms with Gasteiger partial charge in [0, 0.05) is 18.4 Å². The molecule has 0 aliphatic heterocycles. The van der Waals surface area contributed by atoms with Gasteiger partial charge in [0.1, 0.15) is 0 Å². The number of hydrogen-bond acceptors (Lipinski definition) is 3. The molecule has 0 aromatic heterocycles. The second-order valence-electron chi connectivity index (χ2n) is 6.11. The molecule has 1 saturated carbocycles. The summed E-state index contributed by atoms with van der Waals surface area (Å²) in [5, 5.41) is 11.6. The van der Waals surface area contributed by atoms with Crippen LogP contribution in [0.2, 0.25) is 0 Å². The van der Waals surface area contributed by atoms with Crippen molar-refractivity contribution in [1.29, 1.82) is 0 Å². The highest BCUT2D eigenvalue weighted by Crippen LogP contribution is 2.40. The largest absolute Gasteiger partial charge is 0.481 e. The Hall–Kier alpha value is -1.59. The quantitative estimate of drug-likeness (QED) is 0.709. The minimum absolute atomic E-state index is 0. The van der Waals surface area contributed by atoms with E-state index in [0.29, 0.717) is 6.54 Å². The van der Waals surface area contributed by atoms with E-state index in [0.717, 1.165) is 25.7 Å². The van der Waals surface area contributed by atoms with Gasteiger partial charge in [0.05, 0.1) is 6.04 Å². The lowest BCUT2D eigenvalue weighted by molar-refractivity contribution is -0.137. The van der Waals surface area contributed by atoms with Gasteiger partial charge in [-0.3, -0.25) is 9.59 Å². The van der Waals surface area contributed by atoms with E-state index in [-0.39, 0.29) is 36.6 Å². The lowest BCUT2D eigenvalue weighted by Crippen LogP contribution is -2.46. The fourth-order valence-corrected chi connectivity index (χ4v) is 3.21. The zero-order valence-electron chi connectivity index (χ0n) is 13.2. The maximum atomic E-state index is 12.1. The number of hydrogen-bond donors (Lipinski definition) is 3. The molecular formula is C17H25ClN2O3. The molecule has 1 amide bonds. The third kappa shape index (κ3) is 5.22. The number of halogens is 1. The predicted octanol–water partition coefficient (Wildman–Crippen LogP) is 2.23. The monoisotopic (exact) mass is 340 g/mol. The van der Waals surface area contributed by atoms with E-state index in [9.17, 15) is 9.59 Å². The summed E-state index contributed by atoms with van der Waals surface area (Å²) in [6.45, 7) is 0.566. The van der Waals surface area contributed by atoms with Gasteiger partial charge >= 0.3 is 5.97 Å². The Morgan fingerprint density at radius 2 is 1.83 bits per heavy atom. The van der Waals surface area contributed by atoms with Crippen molar-refractivity contribution < 1.29 is 14.7 Å². The number of carboxylic acids is 1. The normalized spacial score (nSPS) is 17.1. The van der Waals surface area contributed by atoms with Gasteiger partial charge in [-0.25, -0.2) is 0 Å². The van der Waals surface area contributed by atoms with Crippen molar-refractivity contribution in [3.8, 4) is 0 Å². The highest BCUT2D eigenvalue weighted by atomic mass is 35.5. The van der Waals surface area contributed by atoms with Crippen LogP contribution in [0.15, 0.2) is 30.3 Å². The summed E-state index contributed by atoms with van der Waals surface area (Å²) in [6.07, 6.45) is 4.52. The molecule has 23 heavy (non-hydrogen) atoms. The molecule has 0 radical (unpaired) electrons. The van der Waals surface area contributed by atoms with Gasteiger partial charge in [-0.15, -0.1) is 12.4 Å². The molecule has 0 heterocycles. The van der Waals surface area contributed by atoms with E-state index >= 15 is 0 Å². The van der Waals surface area contributed by atoms with Gasteiger partial charge in [0.2, 0.25) is 5.91 Å². The molecule has 6 heteroatoms. The van der Waals surface area contributed by atoms with Gasteiger partial charge in [-0.05, 0) is 24.8 Å². The van der Waals surface area contributed by atoms with Crippen molar-refractivity contribution >= 4 is 24.3 Å². The molecule has 1 atom stereocenters.